The molecule has 3 saturated heterocycles. The number of carbonyl (C=O) groups excluding carboxylic acids is 6. The maximum atomic E-state index is 14.6. The molecular formula is C57H87NO20. The third-order valence-electron chi connectivity index (χ3n) is 16.5. The summed E-state index contributed by atoms with van der Waals surface area (Å²) in [6.45, 7) is 11.7. The molecule has 4 fully saturated rings. The second-order valence-corrected chi connectivity index (χ2v) is 22.5. The van der Waals surface area contributed by atoms with Gasteiger partial charge >= 0.3 is 18.1 Å². The van der Waals surface area contributed by atoms with E-state index in [2.05, 4.69) is 0 Å². The van der Waals surface area contributed by atoms with E-state index in [0.717, 1.165) is 10.5 Å². The molecule has 1 saturated carbocycles. The molecule has 21 heteroatoms. The van der Waals surface area contributed by atoms with Crippen molar-refractivity contribution >= 4 is 35.4 Å². The number of piperidine rings is 1. The first-order valence-corrected chi connectivity index (χ1v) is 27.6. The molecule has 1 unspecified atom stereocenters. The highest BCUT2D eigenvalue weighted by molar-refractivity contribution is 6.39. The molecule has 21 nitrogen and oxygen atoms in total. The molecule has 0 spiro atoms. The van der Waals surface area contributed by atoms with Crippen LogP contribution in [0.5, 0.6) is 0 Å². The Bertz CT molecular complexity index is 2200. The van der Waals surface area contributed by atoms with Gasteiger partial charge in [-0.05, 0) is 107 Å². The van der Waals surface area contributed by atoms with Gasteiger partial charge in [-0.3, -0.25) is 19.2 Å². The fourth-order valence-corrected chi connectivity index (χ4v) is 11.4. The van der Waals surface area contributed by atoms with E-state index in [4.69, 9.17) is 37.9 Å². The van der Waals surface area contributed by atoms with Gasteiger partial charge in [0.2, 0.25) is 5.79 Å². The second kappa shape index (κ2) is 28.9. The summed E-state index contributed by atoms with van der Waals surface area (Å²) in [4.78, 5) is 85.5. The SMILES string of the molecule is CO[C@H]1C[C@@H]2CC[C@@H](C)[C@@](O)(O2)C(=O)C(=O)N2CCCC[C@H]2C(=O)O[C@H]([C@H](C)C[C@H]2CC[C@@H](OC(=O)O[C@@]3(O)OC[C@H](O)C(O)[C@@H]3O)[C@H](OC)C2)CC(=O)[C@H](C)/C=C(\C)[C@@H](O)[C@@H](OC)C(=O)[C@H](C)C[C@H](C)/C=C/C=C/C=C/1C. The van der Waals surface area contributed by atoms with E-state index in [1.54, 1.807) is 40.9 Å². The van der Waals surface area contributed by atoms with Crippen molar-refractivity contribution in [3.63, 3.8) is 0 Å². The molecule has 4 heterocycles. The Balaban J connectivity index is 1.42. The Hall–Kier alpha value is -4.26. The van der Waals surface area contributed by atoms with Crippen molar-refractivity contribution in [2.75, 3.05) is 34.5 Å². The summed E-state index contributed by atoms with van der Waals surface area (Å²) in [7, 11) is 4.30. The van der Waals surface area contributed by atoms with Crippen LogP contribution in [0.3, 0.4) is 0 Å². The predicted octanol–water partition coefficient (Wildman–Crippen LogP) is 4.10. The highest BCUT2D eigenvalue weighted by atomic mass is 16.9. The number of fused-ring (bicyclic) bond motifs is 3. The number of aliphatic hydroxyl groups is 6. The van der Waals surface area contributed by atoms with Gasteiger partial charge in [0, 0.05) is 58.5 Å². The Kier molecular flexibility index (Phi) is 24.0. The number of hydrogen-bond acceptors (Lipinski definition) is 20. The average molecular weight is 1110 g/mol. The van der Waals surface area contributed by atoms with Crippen LogP contribution in [0.4, 0.5) is 4.79 Å². The lowest BCUT2D eigenvalue weighted by Gasteiger charge is -2.42. The van der Waals surface area contributed by atoms with Crippen molar-refractivity contribution in [3.05, 3.63) is 47.6 Å². The largest absolute Gasteiger partial charge is 0.513 e. The molecule has 1 aliphatic carbocycles. The summed E-state index contributed by atoms with van der Waals surface area (Å²) in [6.07, 6.45) is 1.17. The van der Waals surface area contributed by atoms with Crippen molar-refractivity contribution in [3.8, 4) is 0 Å². The number of Topliss-reactive ketones (excluding diaryl/α,β-unsaturated/α-hetero) is 3. The van der Waals surface area contributed by atoms with Crippen LogP contribution >= 0.6 is 0 Å². The van der Waals surface area contributed by atoms with Crippen LogP contribution < -0.4 is 0 Å². The van der Waals surface area contributed by atoms with Gasteiger partial charge in [-0.1, -0.05) is 71.1 Å². The van der Waals surface area contributed by atoms with Gasteiger partial charge in [0.25, 0.3) is 11.7 Å². The van der Waals surface area contributed by atoms with Crippen LogP contribution in [0.15, 0.2) is 47.6 Å². The number of esters is 1. The van der Waals surface area contributed by atoms with Crippen molar-refractivity contribution in [1.29, 1.82) is 0 Å². The molecule has 19 atom stereocenters. The maximum absolute atomic E-state index is 14.6. The van der Waals surface area contributed by atoms with Gasteiger partial charge in [0.15, 0.2) is 11.9 Å². The zero-order chi connectivity index (χ0) is 57.8. The average Bonchev–Trinajstić information content (AvgIpc) is 3.44. The summed E-state index contributed by atoms with van der Waals surface area (Å²) in [5, 5.41) is 64.2. The molecule has 5 aliphatic rings. The Labute approximate surface area is 458 Å². The molecule has 0 aromatic rings. The number of carbonyl (C=O) groups is 6. The molecule has 5 rings (SSSR count). The zero-order valence-electron chi connectivity index (χ0n) is 47.0. The zero-order valence-corrected chi connectivity index (χ0v) is 47.0. The van der Waals surface area contributed by atoms with Gasteiger partial charge in [0.1, 0.15) is 48.4 Å². The summed E-state index contributed by atoms with van der Waals surface area (Å²) in [6, 6.07) is -1.25. The van der Waals surface area contributed by atoms with Gasteiger partial charge in [-0.2, -0.15) is 0 Å². The van der Waals surface area contributed by atoms with Crippen LogP contribution in [0.2, 0.25) is 0 Å². The fourth-order valence-electron chi connectivity index (χ4n) is 11.4. The normalized spacial score (nSPS) is 41.5. The van der Waals surface area contributed by atoms with Crippen molar-refractivity contribution in [1.82, 2.24) is 4.90 Å². The van der Waals surface area contributed by atoms with Gasteiger partial charge < -0.3 is 73.4 Å². The van der Waals surface area contributed by atoms with Crippen LogP contribution in [-0.4, -0.2) is 184 Å². The quantitative estimate of drug-likeness (QED) is 0.0863. The van der Waals surface area contributed by atoms with E-state index >= 15 is 0 Å². The van der Waals surface area contributed by atoms with Gasteiger partial charge in [-0.15, -0.1) is 0 Å². The van der Waals surface area contributed by atoms with Gasteiger partial charge in [-0.25, -0.2) is 9.59 Å². The molecule has 0 aromatic heterocycles. The lowest BCUT2D eigenvalue weighted by molar-refractivity contribution is -0.415. The number of amides is 1. The van der Waals surface area contributed by atoms with Crippen molar-refractivity contribution in [2.45, 2.75) is 204 Å². The summed E-state index contributed by atoms with van der Waals surface area (Å²) < 4.78 is 44.9. The van der Waals surface area contributed by atoms with Crippen molar-refractivity contribution in [2.24, 2.45) is 35.5 Å². The van der Waals surface area contributed by atoms with E-state index in [1.807, 2.05) is 51.2 Å². The summed E-state index contributed by atoms with van der Waals surface area (Å²) in [5.41, 5.74) is 1.16. The monoisotopic (exact) mass is 1110 g/mol. The number of ketones is 3. The van der Waals surface area contributed by atoms with Crippen LogP contribution in [0.25, 0.3) is 0 Å². The van der Waals surface area contributed by atoms with E-state index in [0.29, 0.717) is 56.9 Å². The first-order chi connectivity index (χ1) is 36.8. The lowest BCUT2D eigenvalue weighted by Crippen LogP contribution is -2.62. The number of cyclic esters (lactones) is 1. The third-order valence-corrected chi connectivity index (χ3v) is 16.5. The fraction of sp³-hybridized carbons (Fsp3) is 0.754. The Morgan fingerprint density at radius 1 is 0.833 bits per heavy atom. The molecule has 440 valence electrons. The van der Waals surface area contributed by atoms with Gasteiger partial charge in [0.05, 0.1) is 24.9 Å². The van der Waals surface area contributed by atoms with Crippen LogP contribution in [0.1, 0.15) is 126 Å². The van der Waals surface area contributed by atoms with E-state index in [9.17, 15) is 59.4 Å². The Morgan fingerprint density at radius 2 is 1.55 bits per heavy atom. The number of nitrogens with zero attached hydrogens (tertiary/aromatic N) is 1. The minimum atomic E-state index is -3.00. The third kappa shape index (κ3) is 16.2. The van der Waals surface area contributed by atoms with Crippen LogP contribution in [-0.2, 0) is 61.9 Å². The predicted molar refractivity (Wildman–Crippen MR) is 279 cm³/mol. The van der Waals surface area contributed by atoms with E-state index in [1.165, 1.54) is 14.2 Å². The number of rotatable bonds is 8. The first kappa shape index (κ1) is 64.6. The standard InChI is InChI=1S/C57H87NO20/c1-31-16-12-11-13-17-32(2)44(71-8)28-39-21-19-37(7)56(69,77-39)52(65)53(66)58-23-15-14-18-40(58)54(67)75-45(29-41(59)33(3)25-36(6)48(62)50(73-10)47(61)35(5)24-31)34(4)26-38-20-22-43(46(27-38)72-9)76-55(68)78-57(70)51(64)49(63)42(60)30-74-57/h11-13,16-17,25,31,33-35,37-40,42-46,48-51,60,62-64,69-70H,14-15,18-24,26-30H2,1-10H3/b13-11+,16-12+,32-17+,36-25+/t31-,33-,34-,35-,37-,38-,39+,40+,42+,43-,44+,45+,46-,48-,49?,50+,51+,56-,57+/m1/s1. The highest BCUT2D eigenvalue weighted by Crippen LogP contribution is 2.39. The molecule has 0 radical (unpaired) electrons. The maximum Gasteiger partial charge on any atom is 0.513 e. The number of ether oxygens (including phenoxy) is 8. The second-order valence-electron chi connectivity index (χ2n) is 22.5. The number of methoxy groups -OCH3 is 3. The number of allylic oxidation sites excluding steroid dienone is 6. The molecular weight excluding hydrogens is 1020 g/mol. The van der Waals surface area contributed by atoms with Crippen molar-refractivity contribution < 1.29 is 97.3 Å². The summed E-state index contributed by atoms with van der Waals surface area (Å²) in [5.74, 6) is -12.1. The highest BCUT2D eigenvalue weighted by Gasteiger charge is 2.55. The molecule has 4 aliphatic heterocycles. The summed E-state index contributed by atoms with van der Waals surface area (Å²) >= 11 is 0. The number of hydrogen-bond donors (Lipinski definition) is 6. The first-order valence-electron chi connectivity index (χ1n) is 27.6. The molecule has 1 amide bonds. The molecule has 0 aromatic carbocycles. The number of aliphatic hydroxyl groups excluding tert-OH is 4. The minimum absolute atomic E-state index is 0.0111. The topological polar surface area (TPSA) is 301 Å². The molecule has 78 heavy (non-hydrogen) atoms. The van der Waals surface area contributed by atoms with Crippen LogP contribution in [0, 0.1) is 35.5 Å². The van der Waals surface area contributed by atoms with E-state index < -0.39 is 133 Å². The molecule has 2 bridgehead atoms. The molecule has 6 N–H and O–H groups in total. The lowest BCUT2D eigenvalue weighted by atomic mass is 9.78. The smallest absolute Gasteiger partial charge is 0.460 e. The van der Waals surface area contributed by atoms with E-state index in [-0.39, 0.29) is 55.6 Å². The minimum Gasteiger partial charge on any atom is -0.460 e. The Morgan fingerprint density at radius 3 is 2.23 bits per heavy atom.